The first-order chi connectivity index (χ1) is 9.08. The predicted molar refractivity (Wildman–Crippen MR) is 68.4 cm³/mol. The topological polar surface area (TPSA) is 80.4 Å². The quantitative estimate of drug-likeness (QED) is 0.833. The van der Waals surface area contributed by atoms with Crippen LogP contribution in [0.5, 0.6) is 0 Å². The molecule has 0 atom stereocenters. The largest absolute Gasteiger partial charge is 0.494 e. The van der Waals surface area contributed by atoms with Gasteiger partial charge in [-0.25, -0.2) is 0 Å². The van der Waals surface area contributed by atoms with Crippen LogP contribution in [0.1, 0.15) is 16.8 Å². The number of rotatable bonds is 3. The van der Waals surface area contributed by atoms with Gasteiger partial charge in [0.25, 0.3) is 11.5 Å². The van der Waals surface area contributed by atoms with Crippen LogP contribution in [0, 0.1) is 13.8 Å². The van der Waals surface area contributed by atoms with Gasteiger partial charge in [0, 0.05) is 17.8 Å². The van der Waals surface area contributed by atoms with Gasteiger partial charge in [-0.2, -0.15) is 0 Å². The number of H-pyrrole nitrogens is 1. The van der Waals surface area contributed by atoms with Crippen molar-refractivity contribution in [1.29, 1.82) is 0 Å². The number of hydrogen-bond acceptors (Lipinski definition) is 4. The summed E-state index contributed by atoms with van der Waals surface area (Å²) < 4.78 is 10.1. The van der Waals surface area contributed by atoms with Gasteiger partial charge in [0.05, 0.1) is 0 Å². The van der Waals surface area contributed by atoms with E-state index >= 15 is 0 Å². The van der Waals surface area contributed by atoms with Gasteiger partial charge in [-0.15, -0.1) is 0 Å². The third kappa shape index (κ3) is 3.15. The van der Waals surface area contributed by atoms with Crippen molar-refractivity contribution in [1.82, 2.24) is 10.3 Å². The molecule has 1 aliphatic rings. The number of carbonyl (C=O) groups is 1. The first kappa shape index (κ1) is 13.2. The third-order valence-corrected chi connectivity index (χ3v) is 2.79. The fourth-order valence-electron chi connectivity index (χ4n) is 1.84. The summed E-state index contributed by atoms with van der Waals surface area (Å²) >= 11 is 0. The minimum absolute atomic E-state index is 0.132. The highest BCUT2D eigenvalue weighted by molar-refractivity contribution is 5.91. The van der Waals surface area contributed by atoms with E-state index in [0.29, 0.717) is 18.8 Å². The van der Waals surface area contributed by atoms with Crippen molar-refractivity contribution in [3.63, 3.8) is 0 Å². The molecule has 1 aliphatic heterocycles. The molecule has 0 aliphatic carbocycles. The number of ether oxygens (including phenoxy) is 2. The van der Waals surface area contributed by atoms with Gasteiger partial charge in [-0.3, -0.25) is 9.59 Å². The Bertz CT molecular complexity index is 574. The van der Waals surface area contributed by atoms with E-state index in [1.165, 1.54) is 6.26 Å². The fraction of sp³-hybridized carbons (Fsp3) is 0.385. The van der Waals surface area contributed by atoms with Crippen molar-refractivity contribution in [2.24, 2.45) is 0 Å². The Morgan fingerprint density at radius 1 is 1.42 bits per heavy atom. The van der Waals surface area contributed by atoms with Crippen LogP contribution < -0.4 is 10.9 Å². The van der Waals surface area contributed by atoms with E-state index in [0.717, 1.165) is 11.3 Å². The minimum Gasteiger partial charge on any atom is -0.494 e. The van der Waals surface area contributed by atoms with Gasteiger partial charge in [-0.1, -0.05) is 0 Å². The third-order valence-electron chi connectivity index (χ3n) is 2.79. The number of nitrogens with one attached hydrogen (secondary N) is 2. The van der Waals surface area contributed by atoms with Crippen LogP contribution in [0.4, 0.5) is 0 Å². The van der Waals surface area contributed by atoms with Crippen molar-refractivity contribution < 1.29 is 14.3 Å². The van der Waals surface area contributed by atoms with Crippen molar-refractivity contribution in [3.05, 3.63) is 45.3 Å². The Morgan fingerprint density at radius 2 is 2.21 bits per heavy atom. The Morgan fingerprint density at radius 3 is 2.84 bits per heavy atom. The number of amides is 1. The van der Waals surface area contributed by atoms with Gasteiger partial charge in [0.2, 0.25) is 5.76 Å². The molecule has 0 fully saturated rings. The molecule has 2 heterocycles. The summed E-state index contributed by atoms with van der Waals surface area (Å²) in [5.41, 5.74) is 1.99. The van der Waals surface area contributed by atoms with Gasteiger partial charge in [0.15, 0.2) is 0 Å². The first-order valence-corrected chi connectivity index (χ1v) is 6.00. The Balaban J connectivity index is 2.05. The van der Waals surface area contributed by atoms with Crippen LogP contribution in [0.15, 0.2) is 22.9 Å². The maximum atomic E-state index is 11.8. The van der Waals surface area contributed by atoms with Gasteiger partial charge in [0.1, 0.15) is 19.5 Å². The lowest BCUT2D eigenvalue weighted by atomic mass is 10.1. The Kier molecular flexibility index (Phi) is 3.89. The summed E-state index contributed by atoms with van der Waals surface area (Å²) in [6, 6.07) is 1.86. The molecule has 102 valence electrons. The molecular formula is C13H16N2O4. The highest BCUT2D eigenvalue weighted by atomic mass is 16.6. The van der Waals surface area contributed by atoms with Crippen LogP contribution in [-0.4, -0.2) is 24.1 Å². The van der Waals surface area contributed by atoms with Crippen molar-refractivity contribution >= 4 is 5.91 Å². The smallest absolute Gasteiger partial charge is 0.289 e. The lowest BCUT2D eigenvalue weighted by Gasteiger charge is -2.15. The Labute approximate surface area is 110 Å². The molecule has 1 aromatic rings. The maximum absolute atomic E-state index is 11.8. The second-order valence-electron chi connectivity index (χ2n) is 4.33. The fourth-order valence-corrected chi connectivity index (χ4v) is 1.84. The van der Waals surface area contributed by atoms with Crippen LogP contribution >= 0.6 is 0 Å². The number of aromatic amines is 1. The monoisotopic (exact) mass is 264 g/mol. The van der Waals surface area contributed by atoms with Gasteiger partial charge < -0.3 is 19.8 Å². The van der Waals surface area contributed by atoms with Gasteiger partial charge >= 0.3 is 0 Å². The van der Waals surface area contributed by atoms with Crippen LogP contribution in [0.3, 0.4) is 0 Å². The van der Waals surface area contributed by atoms with E-state index in [4.69, 9.17) is 9.47 Å². The molecule has 2 rings (SSSR count). The Hall–Kier alpha value is -2.24. The molecule has 6 nitrogen and oxygen atoms in total. The van der Waals surface area contributed by atoms with E-state index in [-0.39, 0.29) is 23.8 Å². The summed E-state index contributed by atoms with van der Waals surface area (Å²) in [7, 11) is 0. The molecule has 0 saturated heterocycles. The second-order valence-corrected chi connectivity index (χ2v) is 4.33. The number of pyridine rings is 1. The van der Waals surface area contributed by atoms with Crippen molar-refractivity contribution in [2.45, 2.75) is 20.4 Å². The standard InChI is InChI=1S/C13H16N2O4/c1-8-5-9(2)15-12(16)10(8)6-14-13(17)11-7-18-3-4-19-11/h5,7H,3-4,6H2,1-2H3,(H,14,17)(H,15,16). The normalized spacial score (nSPS) is 14.1. The van der Waals surface area contributed by atoms with Crippen molar-refractivity contribution in [2.75, 3.05) is 13.2 Å². The lowest BCUT2D eigenvalue weighted by molar-refractivity contribution is -0.122. The molecule has 2 N–H and O–H groups in total. The molecular weight excluding hydrogens is 248 g/mol. The maximum Gasteiger partial charge on any atom is 0.289 e. The van der Waals surface area contributed by atoms with E-state index in [9.17, 15) is 9.59 Å². The molecule has 1 amide bonds. The number of hydrogen-bond donors (Lipinski definition) is 2. The molecule has 0 saturated carbocycles. The van der Waals surface area contributed by atoms with Crippen LogP contribution in [0.25, 0.3) is 0 Å². The number of aromatic nitrogens is 1. The number of aryl methyl sites for hydroxylation is 2. The van der Waals surface area contributed by atoms with Crippen molar-refractivity contribution in [3.8, 4) is 0 Å². The molecule has 19 heavy (non-hydrogen) atoms. The van der Waals surface area contributed by atoms with E-state index in [1.54, 1.807) is 0 Å². The average molecular weight is 264 g/mol. The zero-order valence-corrected chi connectivity index (χ0v) is 10.9. The van der Waals surface area contributed by atoms with Crippen LogP contribution in [0.2, 0.25) is 0 Å². The number of carbonyl (C=O) groups excluding carboxylic acids is 1. The molecule has 0 unspecified atom stereocenters. The molecule has 0 aromatic carbocycles. The molecule has 0 radical (unpaired) electrons. The molecule has 6 heteroatoms. The summed E-state index contributed by atoms with van der Waals surface area (Å²) in [6.45, 7) is 4.59. The average Bonchev–Trinajstić information content (AvgIpc) is 2.38. The summed E-state index contributed by atoms with van der Waals surface area (Å²) in [5, 5.41) is 2.64. The zero-order chi connectivity index (χ0) is 13.8. The van der Waals surface area contributed by atoms with E-state index < -0.39 is 0 Å². The molecule has 0 bridgehead atoms. The highest BCUT2D eigenvalue weighted by Gasteiger charge is 2.15. The van der Waals surface area contributed by atoms with E-state index in [2.05, 4.69) is 10.3 Å². The minimum atomic E-state index is -0.390. The summed E-state index contributed by atoms with van der Waals surface area (Å²) in [5.74, 6) is -0.258. The first-order valence-electron chi connectivity index (χ1n) is 6.00. The lowest BCUT2D eigenvalue weighted by Crippen LogP contribution is -2.31. The van der Waals surface area contributed by atoms with Gasteiger partial charge in [-0.05, 0) is 25.5 Å². The summed E-state index contributed by atoms with van der Waals surface area (Å²) in [6.07, 6.45) is 1.28. The predicted octanol–water partition coefficient (Wildman–Crippen LogP) is 0.496. The summed E-state index contributed by atoms with van der Waals surface area (Å²) in [4.78, 5) is 26.2. The molecule has 1 aromatic heterocycles. The second kappa shape index (κ2) is 5.60. The van der Waals surface area contributed by atoms with Crippen LogP contribution in [-0.2, 0) is 20.8 Å². The highest BCUT2D eigenvalue weighted by Crippen LogP contribution is 2.06. The molecule has 0 spiro atoms. The zero-order valence-electron chi connectivity index (χ0n) is 10.9. The SMILES string of the molecule is Cc1cc(C)c(CNC(=O)C2=COCCO2)c(=O)[nH]1. The van der Waals surface area contributed by atoms with E-state index in [1.807, 2.05) is 19.9 Å².